The number of hydrogen-bond acceptors (Lipinski definition) is 5. The minimum Gasteiger partial charge on any atom is -0.394 e. The Morgan fingerprint density at radius 2 is 2.35 bits per heavy atom. The van der Waals surface area contributed by atoms with Crippen molar-refractivity contribution in [2.45, 2.75) is 13.0 Å². The summed E-state index contributed by atoms with van der Waals surface area (Å²) < 4.78 is 5.22. The molecule has 0 bridgehead atoms. The zero-order chi connectivity index (χ0) is 14.7. The summed E-state index contributed by atoms with van der Waals surface area (Å²) >= 11 is 0. The van der Waals surface area contributed by atoms with Crippen LogP contribution in [0.15, 0.2) is 18.2 Å². The molecular formula is C13H16N2O5. The summed E-state index contributed by atoms with van der Waals surface area (Å²) in [6, 6.07) is 3.91. The summed E-state index contributed by atoms with van der Waals surface area (Å²) in [6.45, 7) is 2.55. The Hall–Kier alpha value is -1.99. The lowest BCUT2D eigenvalue weighted by Gasteiger charge is -2.34. The average molecular weight is 280 g/mol. The molecule has 1 unspecified atom stereocenters. The van der Waals surface area contributed by atoms with Crippen molar-refractivity contribution in [3.8, 4) is 0 Å². The Morgan fingerprint density at radius 1 is 1.60 bits per heavy atom. The monoisotopic (exact) mass is 280 g/mol. The maximum atomic E-state index is 12.4. The number of nitro groups is 1. The van der Waals surface area contributed by atoms with Crippen LogP contribution in [0.25, 0.3) is 0 Å². The van der Waals surface area contributed by atoms with Crippen molar-refractivity contribution < 1.29 is 19.6 Å². The topological polar surface area (TPSA) is 92.9 Å². The molecule has 108 valence electrons. The van der Waals surface area contributed by atoms with Crippen molar-refractivity contribution in [2.75, 3.05) is 26.4 Å². The first-order chi connectivity index (χ1) is 9.54. The number of nitro benzene ring substituents is 1. The smallest absolute Gasteiger partial charge is 0.272 e. The molecule has 1 heterocycles. The fourth-order valence-electron chi connectivity index (χ4n) is 2.23. The molecule has 20 heavy (non-hydrogen) atoms. The minimum absolute atomic E-state index is 0.0118. The molecule has 0 aromatic heterocycles. The van der Waals surface area contributed by atoms with Crippen molar-refractivity contribution >= 4 is 11.6 Å². The van der Waals surface area contributed by atoms with Crippen LogP contribution < -0.4 is 0 Å². The van der Waals surface area contributed by atoms with Gasteiger partial charge in [-0.05, 0) is 19.1 Å². The molecule has 1 fully saturated rings. The van der Waals surface area contributed by atoms with E-state index in [-0.39, 0.29) is 24.2 Å². The average Bonchev–Trinajstić information content (AvgIpc) is 2.45. The fourth-order valence-corrected chi connectivity index (χ4v) is 2.23. The van der Waals surface area contributed by atoms with Crippen molar-refractivity contribution in [3.63, 3.8) is 0 Å². The molecule has 1 aromatic carbocycles. The van der Waals surface area contributed by atoms with Gasteiger partial charge < -0.3 is 14.7 Å². The maximum absolute atomic E-state index is 12.4. The third-order valence-corrected chi connectivity index (χ3v) is 3.34. The van der Waals surface area contributed by atoms with Crippen LogP contribution in [0.3, 0.4) is 0 Å². The number of benzene rings is 1. The molecule has 7 nitrogen and oxygen atoms in total. The van der Waals surface area contributed by atoms with Crippen LogP contribution in [0.4, 0.5) is 5.69 Å². The lowest BCUT2D eigenvalue weighted by atomic mass is 10.1. The second-order valence-electron chi connectivity index (χ2n) is 4.67. The Balaban J connectivity index is 2.24. The number of carbonyl (C=O) groups excluding carboxylic acids is 1. The molecular weight excluding hydrogens is 264 g/mol. The molecule has 1 saturated heterocycles. The molecule has 1 aliphatic heterocycles. The minimum atomic E-state index is -0.477. The van der Waals surface area contributed by atoms with E-state index in [1.165, 1.54) is 18.2 Å². The Labute approximate surface area is 115 Å². The van der Waals surface area contributed by atoms with Gasteiger partial charge in [0.05, 0.1) is 30.8 Å². The molecule has 0 saturated carbocycles. The highest BCUT2D eigenvalue weighted by molar-refractivity contribution is 5.95. The summed E-state index contributed by atoms with van der Waals surface area (Å²) in [5.41, 5.74) is 0.811. The van der Waals surface area contributed by atoms with E-state index in [0.29, 0.717) is 30.9 Å². The van der Waals surface area contributed by atoms with Gasteiger partial charge in [0, 0.05) is 23.7 Å². The van der Waals surface area contributed by atoms with Crippen LogP contribution in [0, 0.1) is 17.0 Å². The van der Waals surface area contributed by atoms with E-state index >= 15 is 0 Å². The lowest BCUT2D eigenvalue weighted by Crippen LogP contribution is -2.50. The highest BCUT2D eigenvalue weighted by Crippen LogP contribution is 2.21. The second-order valence-corrected chi connectivity index (χ2v) is 4.67. The third-order valence-electron chi connectivity index (χ3n) is 3.34. The van der Waals surface area contributed by atoms with Crippen molar-refractivity contribution in [2.24, 2.45) is 0 Å². The van der Waals surface area contributed by atoms with Crippen molar-refractivity contribution in [1.82, 2.24) is 4.90 Å². The van der Waals surface area contributed by atoms with E-state index in [0.717, 1.165) is 0 Å². The molecule has 2 rings (SSSR count). The number of aryl methyl sites for hydroxylation is 1. The van der Waals surface area contributed by atoms with Gasteiger partial charge in [-0.2, -0.15) is 0 Å². The van der Waals surface area contributed by atoms with Crippen LogP contribution in [-0.4, -0.2) is 53.2 Å². The quantitative estimate of drug-likeness (QED) is 0.651. The number of nitrogens with zero attached hydrogens (tertiary/aromatic N) is 2. The van der Waals surface area contributed by atoms with Gasteiger partial charge in [-0.1, -0.05) is 0 Å². The number of carbonyl (C=O) groups is 1. The van der Waals surface area contributed by atoms with Gasteiger partial charge in [0.2, 0.25) is 0 Å². The molecule has 0 radical (unpaired) electrons. The first-order valence-corrected chi connectivity index (χ1v) is 6.29. The van der Waals surface area contributed by atoms with Crippen molar-refractivity contribution in [1.29, 1.82) is 0 Å². The normalized spacial score (nSPS) is 18.9. The van der Waals surface area contributed by atoms with Gasteiger partial charge in [0.1, 0.15) is 0 Å². The van der Waals surface area contributed by atoms with E-state index < -0.39 is 4.92 Å². The first-order valence-electron chi connectivity index (χ1n) is 6.29. The van der Waals surface area contributed by atoms with Crippen LogP contribution in [0.1, 0.15) is 15.9 Å². The maximum Gasteiger partial charge on any atom is 0.272 e. The third kappa shape index (κ3) is 2.78. The predicted octanol–water partition coefficient (Wildman–Crippen LogP) is 0.737. The summed E-state index contributed by atoms with van der Waals surface area (Å²) in [7, 11) is 0. The van der Waals surface area contributed by atoms with Crippen LogP contribution >= 0.6 is 0 Å². The van der Waals surface area contributed by atoms with Crippen LogP contribution in [0.2, 0.25) is 0 Å². The van der Waals surface area contributed by atoms with Gasteiger partial charge >= 0.3 is 0 Å². The van der Waals surface area contributed by atoms with Gasteiger partial charge in [-0.25, -0.2) is 0 Å². The summed E-state index contributed by atoms with van der Waals surface area (Å²) in [4.78, 5) is 24.2. The zero-order valence-electron chi connectivity index (χ0n) is 11.1. The molecule has 7 heteroatoms. The predicted molar refractivity (Wildman–Crippen MR) is 70.6 cm³/mol. The van der Waals surface area contributed by atoms with Crippen molar-refractivity contribution in [3.05, 3.63) is 39.4 Å². The Kier molecular flexibility index (Phi) is 4.31. The molecule has 1 amide bonds. The van der Waals surface area contributed by atoms with Gasteiger partial charge in [0.25, 0.3) is 11.6 Å². The summed E-state index contributed by atoms with van der Waals surface area (Å²) in [5.74, 6) is -0.245. The number of aliphatic hydroxyl groups is 1. The second kappa shape index (κ2) is 5.98. The highest BCUT2D eigenvalue weighted by Gasteiger charge is 2.28. The largest absolute Gasteiger partial charge is 0.394 e. The molecule has 1 aliphatic rings. The number of hydrogen-bond donors (Lipinski definition) is 1. The number of amides is 1. The number of morpholine rings is 1. The zero-order valence-corrected chi connectivity index (χ0v) is 11.1. The van der Waals surface area contributed by atoms with E-state index in [9.17, 15) is 20.0 Å². The van der Waals surface area contributed by atoms with Gasteiger partial charge in [0.15, 0.2) is 0 Å². The summed E-state index contributed by atoms with van der Waals surface area (Å²) in [5, 5.41) is 20.0. The van der Waals surface area contributed by atoms with Gasteiger partial charge in [-0.3, -0.25) is 14.9 Å². The SMILES string of the molecule is Cc1cc(C(=O)N2CCOCC2CO)ccc1[N+](=O)[O-]. The van der Waals surface area contributed by atoms with E-state index in [2.05, 4.69) is 0 Å². The summed E-state index contributed by atoms with van der Waals surface area (Å²) in [6.07, 6.45) is 0. The highest BCUT2D eigenvalue weighted by atomic mass is 16.6. The molecule has 0 spiro atoms. The van der Waals surface area contributed by atoms with Gasteiger partial charge in [-0.15, -0.1) is 0 Å². The van der Waals surface area contributed by atoms with Crippen LogP contribution in [0.5, 0.6) is 0 Å². The molecule has 1 aromatic rings. The van der Waals surface area contributed by atoms with E-state index in [1.54, 1.807) is 11.8 Å². The van der Waals surface area contributed by atoms with E-state index in [4.69, 9.17) is 4.74 Å². The van der Waals surface area contributed by atoms with E-state index in [1.807, 2.05) is 0 Å². The molecule has 1 N–H and O–H groups in total. The number of rotatable bonds is 3. The molecule has 1 atom stereocenters. The van der Waals surface area contributed by atoms with Crippen LogP contribution in [-0.2, 0) is 4.74 Å². The molecule has 0 aliphatic carbocycles. The Bertz CT molecular complexity index is 531. The fraction of sp³-hybridized carbons (Fsp3) is 0.462. The lowest BCUT2D eigenvalue weighted by molar-refractivity contribution is -0.385. The Morgan fingerprint density at radius 3 is 2.95 bits per heavy atom. The number of aliphatic hydroxyl groups excluding tert-OH is 1. The number of ether oxygens (including phenoxy) is 1. The standard InChI is InChI=1S/C13H16N2O5/c1-9-6-10(2-3-12(9)15(18)19)13(17)14-4-5-20-8-11(14)7-16/h2-3,6,11,16H,4-5,7-8H2,1H3. The first kappa shape index (κ1) is 14.4.